The van der Waals surface area contributed by atoms with Crippen molar-refractivity contribution in [2.75, 3.05) is 6.54 Å². The number of imide groups is 1. The number of carbonyl (C=O) groups excluding carboxylic acids is 4. The Bertz CT molecular complexity index is 354. The Hall–Kier alpha value is -1.92. The van der Waals surface area contributed by atoms with Crippen LogP contribution in [0, 0.1) is 0 Å². The maximum Gasteiger partial charge on any atom is 0.333 e. The first-order chi connectivity index (χ1) is 8.92. The summed E-state index contributed by atoms with van der Waals surface area (Å²) in [6.07, 6.45) is 0.533. The van der Waals surface area contributed by atoms with Crippen molar-refractivity contribution in [1.82, 2.24) is 10.4 Å². The van der Waals surface area contributed by atoms with Gasteiger partial charge in [0.05, 0.1) is 0 Å². The smallest absolute Gasteiger partial charge is 0.333 e. The van der Waals surface area contributed by atoms with E-state index in [1.165, 1.54) is 0 Å². The Labute approximate surface area is 112 Å². The van der Waals surface area contributed by atoms with Gasteiger partial charge >= 0.3 is 5.97 Å². The topological polar surface area (TPSA) is 92.8 Å². The minimum atomic E-state index is -0.707. The predicted molar refractivity (Wildman–Crippen MR) is 66.4 cm³/mol. The third kappa shape index (κ3) is 7.17. The molecule has 0 radical (unpaired) electrons. The van der Waals surface area contributed by atoms with Crippen LogP contribution in [0.3, 0.4) is 0 Å². The molecular weight excluding hydrogens is 252 g/mol. The van der Waals surface area contributed by atoms with Gasteiger partial charge in [-0.05, 0) is 13.3 Å². The standard InChI is InChI=1S/C12H20N2O5/c1-4-11(17)14(9(3)15)19-12(18)8-6-7-10(16)13-5-2/h4-8H2,1-3H3,(H,13,16). The summed E-state index contributed by atoms with van der Waals surface area (Å²) in [7, 11) is 0. The molecular formula is C12H20N2O5. The highest BCUT2D eigenvalue weighted by Gasteiger charge is 2.21. The lowest BCUT2D eigenvalue weighted by Gasteiger charge is -2.16. The van der Waals surface area contributed by atoms with Crippen LogP contribution in [0.15, 0.2) is 0 Å². The molecule has 7 nitrogen and oxygen atoms in total. The van der Waals surface area contributed by atoms with Crippen LogP contribution in [0.25, 0.3) is 0 Å². The first-order valence-corrected chi connectivity index (χ1v) is 6.23. The third-order valence-corrected chi connectivity index (χ3v) is 2.17. The first kappa shape index (κ1) is 17.1. The van der Waals surface area contributed by atoms with Gasteiger partial charge in [0.25, 0.3) is 11.8 Å². The quantitative estimate of drug-likeness (QED) is 0.712. The SMILES string of the molecule is CCNC(=O)CCCC(=O)ON(C(C)=O)C(=O)CC. The normalized spacial score (nSPS) is 9.63. The van der Waals surface area contributed by atoms with Gasteiger partial charge in [0.15, 0.2) is 0 Å². The van der Waals surface area contributed by atoms with Crippen molar-refractivity contribution in [3.05, 3.63) is 0 Å². The molecule has 3 amide bonds. The van der Waals surface area contributed by atoms with E-state index in [0.29, 0.717) is 18.0 Å². The zero-order valence-corrected chi connectivity index (χ0v) is 11.5. The lowest BCUT2D eigenvalue weighted by atomic mass is 10.2. The van der Waals surface area contributed by atoms with Gasteiger partial charge in [0.1, 0.15) is 0 Å². The highest BCUT2D eigenvalue weighted by Crippen LogP contribution is 2.03. The van der Waals surface area contributed by atoms with E-state index in [1.54, 1.807) is 13.8 Å². The number of carbonyl (C=O) groups is 4. The van der Waals surface area contributed by atoms with E-state index in [0.717, 1.165) is 6.92 Å². The third-order valence-electron chi connectivity index (χ3n) is 2.17. The lowest BCUT2D eigenvalue weighted by molar-refractivity contribution is -0.201. The van der Waals surface area contributed by atoms with Gasteiger partial charge in [0, 0.05) is 32.7 Å². The second-order valence-electron chi connectivity index (χ2n) is 3.83. The van der Waals surface area contributed by atoms with Crippen LogP contribution in [0.2, 0.25) is 0 Å². The molecule has 108 valence electrons. The fourth-order valence-corrected chi connectivity index (χ4v) is 1.26. The minimum Gasteiger partial charge on any atom is -0.356 e. The molecule has 0 spiro atoms. The van der Waals surface area contributed by atoms with Crippen molar-refractivity contribution >= 4 is 23.7 Å². The van der Waals surface area contributed by atoms with E-state index < -0.39 is 17.8 Å². The number of nitrogens with one attached hydrogen (secondary N) is 1. The van der Waals surface area contributed by atoms with E-state index in [-0.39, 0.29) is 25.2 Å². The van der Waals surface area contributed by atoms with Gasteiger partial charge in [-0.2, -0.15) is 0 Å². The van der Waals surface area contributed by atoms with E-state index in [1.807, 2.05) is 0 Å². The van der Waals surface area contributed by atoms with Gasteiger partial charge in [-0.15, -0.1) is 5.06 Å². The molecule has 0 heterocycles. The maximum absolute atomic E-state index is 11.4. The number of hydrogen-bond acceptors (Lipinski definition) is 5. The highest BCUT2D eigenvalue weighted by atomic mass is 16.7. The zero-order valence-electron chi connectivity index (χ0n) is 11.5. The van der Waals surface area contributed by atoms with Gasteiger partial charge in [-0.3, -0.25) is 14.4 Å². The Morgan fingerprint density at radius 1 is 1.11 bits per heavy atom. The van der Waals surface area contributed by atoms with Gasteiger partial charge < -0.3 is 10.2 Å². The first-order valence-electron chi connectivity index (χ1n) is 6.23. The maximum atomic E-state index is 11.4. The summed E-state index contributed by atoms with van der Waals surface area (Å²) in [4.78, 5) is 49.6. The molecule has 7 heteroatoms. The second kappa shape index (κ2) is 9.07. The van der Waals surface area contributed by atoms with E-state index in [9.17, 15) is 19.2 Å². The summed E-state index contributed by atoms with van der Waals surface area (Å²) in [5.41, 5.74) is 0. The molecule has 0 atom stereocenters. The number of hydroxylamine groups is 2. The number of rotatable bonds is 6. The van der Waals surface area contributed by atoms with E-state index in [4.69, 9.17) is 0 Å². The van der Waals surface area contributed by atoms with Gasteiger partial charge in [0.2, 0.25) is 5.91 Å². The molecule has 19 heavy (non-hydrogen) atoms. The molecule has 0 fully saturated rings. The molecule has 0 aromatic heterocycles. The van der Waals surface area contributed by atoms with E-state index in [2.05, 4.69) is 10.2 Å². The molecule has 0 saturated heterocycles. The Morgan fingerprint density at radius 2 is 1.74 bits per heavy atom. The summed E-state index contributed by atoms with van der Waals surface area (Å²) in [5.74, 6) is -2.09. The van der Waals surface area contributed by atoms with Crippen molar-refractivity contribution in [1.29, 1.82) is 0 Å². The van der Waals surface area contributed by atoms with Crippen LogP contribution in [0.5, 0.6) is 0 Å². The Kier molecular flexibility index (Phi) is 8.15. The van der Waals surface area contributed by atoms with Crippen molar-refractivity contribution in [2.45, 2.75) is 46.5 Å². The van der Waals surface area contributed by atoms with Crippen LogP contribution in [0.4, 0.5) is 0 Å². The summed E-state index contributed by atoms with van der Waals surface area (Å²) in [6, 6.07) is 0. The number of hydrogen-bond donors (Lipinski definition) is 1. The average molecular weight is 272 g/mol. The van der Waals surface area contributed by atoms with E-state index >= 15 is 0 Å². The molecule has 0 aliphatic rings. The van der Waals surface area contributed by atoms with Crippen molar-refractivity contribution < 1.29 is 24.0 Å². The monoisotopic (exact) mass is 272 g/mol. The van der Waals surface area contributed by atoms with Crippen LogP contribution in [-0.4, -0.2) is 35.3 Å². The Balaban J connectivity index is 4.11. The second-order valence-corrected chi connectivity index (χ2v) is 3.83. The summed E-state index contributed by atoms with van der Waals surface area (Å²) < 4.78 is 0. The predicted octanol–water partition coefficient (Wildman–Crippen LogP) is 0.536. The number of amides is 3. The average Bonchev–Trinajstić information content (AvgIpc) is 2.35. The molecule has 0 bridgehead atoms. The molecule has 0 rings (SSSR count). The van der Waals surface area contributed by atoms with Crippen LogP contribution >= 0.6 is 0 Å². The summed E-state index contributed by atoms with van der Waals surface area (Å²) in [5, 5.41) is 3.05. The molecule has 0 aliphatic carbocycles. The fraction of sp³-hybridized carbons (Fsp3) is 0.667. The van der Waals surface area contributed by atoms with Gasteiger partial charge in [-0.25, -0.2) is 4.79 Å². The molecule has 0 saturated carbocycles. The summed E-state index contributed by atoms with van der Waals surface area (Å²) >= 11 is 0. The minimum absolute atomic E-state index is 0.0299. The zero-order chi connectivity index (χ0) is 14.8. The molecule has 0 aromatic carbocycles. The van der Waals surface area contributed by atoms with Crippen LogP contribution in [0.1, 0.15) is 46.5 Å². The van der Waals surface area contributed by atoms with Crippen LogP contribution < -0.4 is 5.32 Å². The summed E-state index contributed by atoms with van der Waals surface area (Å²) in [6.45, 7) is 5.02. The largest absolute Gasteiger partial charge is 0.356 e. The molecule has 0 aliphatic heterocycles. The molecule has 1 N–H and O–H groups in total. The molecule has 0 unspecified atom stereocenters. The van der Waals surface area contributed by atoms with Gasteiger partial charge in [-0.1, -0.05) is 6.92 Å². The van der Waals surface area contributed by atoms with Crippen molar-refractivity contribution in [3.63, 3.8) is 0 Å². The lowest BCUT2D eigenvalue weighted by Crippen LogP contribution is -2.36. The number of nitrogens with zero attached hydrogens (tertiary/aromatic N) is 1. The highest BCUT2D eigenvalue weighted by molar-refractivity contribution is 5.94. The fourth-order valence-electron chi connectivity index (χ4n) is 1.26. The Morgan fingerprint density at radius 3 is 2.21 bits per heavy atom. The molecule has 0 aromatic rings. The van der Waals surface area contributed by atoms with Crippen LogP contribution in [-0.2, 0) is 24.0 Å². The van der Waals surface area contributed by atoms with Crippen molar-refractivity contribution in [2.24, 2.45) is 0 Å². The van der Waals surface area contributed by atoms with Crippen molar-refractivity contribution in [3.8, 4) is 0 Å².